The molecule has 0 fully saturated rings. The molecule has 1 aromatic heterocycles. The fourth-order valence-corrected chi connectivity index (χ4v) is 1.84. The van der Waals surface area contributed by atoms with Crippen LogP contribution in [0.5, 0.6) is 0 Å². The number of amides is 3. The molecule has 0 saturated heterocycles. The van der Waals surface area contributed by atoms with E-state index in [-0.39, 0.29) is 27.6 Å². The van der Waals surface area contributed by atoms with Crippen molar-refractivity contribution >= 4 is 35.0 Å². The van der Waals surface area contributed by atoms with Crippen molar-refractivity contribution in [3.63, 3.8) is 0 Å². The van der Waals surface area contributed by atoms with E-state index in [0.29, 0.717) is 0 Å². The minimum Gasteiger partial charge on any atom is -0.452 e. The molecule has 0 bridgehead atoms. The maximum Gasteiger partial charge on any atom is 0.260 e. The third-order valence-corrected chi connectivity index (χ3v) is 2.92. The zero-order chi connectivity index (χ0) is 15.6. The van der Waals surface area contributed by atoms with Crippen molar-refractivity contribution in [1.82, 2.24) is 0 Å². The van der Waals surface area contributed by atoms with Crippen LogP contribution in [0.3, 0.4) is 0 Å². The highest BCUT2D eigenvalue weighted by molar-refractivity contribution is 6.32. The number of furan rings is 1. The van der Waals surface area contributed by atoms with Crippen molar-refractivity contribution in [2.75, 3.05) is 5.32 Å². The number of halogens is 1. The highest BCUT2D eigenvalue weighted by Gasteiger charge is 2.15. The fraction of sp³-hybridized carbons (Fsp3) is 0. The molecule has 5 N–H and O–H groups in total. The summed E-state index contributed by atoms with van der Waals surface area (Å²) in [6.07, 6.45) is 1.26. The van der Waals surface area contributed by atoms with E-state index in [0.717, 1.165) is 0 Å². The van der Waals surface area contributed by atoms with Crippen LogP contribution in [0.25, 0.3) is 0 Å². The van der Waals surface area contributed by atoms with Crippen molar-refractivity contribution in [1.29, 1.82) is 0 Å². The molecule has 0 aliphatic carbocycles. The molecule has 0 radical (unpaired) electrons. The number of carbonyl (C=O) groups is 3. The second kappa shape index (κ2) is 5.68. The standard InChI is InChI=1S/C13H10ClN3O4/c14-10-9(1-2-21-10)13(20)17-8-4-6(11(15)18)3-7(5-8)12(16)19/h1-5H,(H2,15,18)(H2,16,19)(H,17,20). The average Bonchev–Trinajstić information content (AvgIpc) is 2.84. The van der Waals surface area contributed by atoms with Crippen LogP contribution in [0.15, 0.2) is 34.9 Å². The zero-order valence-electron chi connectivity index (χ0n) is 10.6. The quantitative estimate of drug-likeness (QED) is 0.788. The SMILES string of the molecule is NC(=O)c1cc(NC(=O)c2ccoc2Cl)cc(C(N)=O)c1. The summed E-state index contributed by atoms with van der Waals surface area (Å²) in [6.45, 7) is 0. The summed E-state index contributed by atoms with van der Waals surface area (Å²) >= 11 is 5.69. The van der Waals surface area contributed by atoms with E-state index in [4.69, 9.17) is 27.5 Å². The number of nitrogens with two attached hydrogens (primary N) is 2. The van der Waals surface area contributed by atoms with Crippen LogP contribution in [0, 0.1) is 0 Å². The Morgan fingerprint density at radius 1 is 1.05 bits per heavy atom. The number of nitrogens with one attached hydrogen (secondary N) is 1. The molecule has 0 saturated carbocycles. The summed E-state index contributed by atoms with van der Waals surface area (Å²) in [5, 5.41) is 2.40. The number of benzene rings is 1. The zero-order valence-corrected chi connectivity index (χ0v) is 11.3. The summed E-state index contributed by atoms with van der Waals surface area (Å²) < 4.78 is 4.80. The smallest absolute Gasteiger partial charge is 0.260 e. The minimum atomic E-state index is -0.755. The second-order valence-electron chi connectivity index (χ2n) is 4.09. The number of hydrogen-bond donors (Lipinski definition) is 3. The lowest BCUT2D eigenvalue weighted by Gasteiger charge is -2.07. The Bertz CT molecular complexity index is 707. The Kier molecular flexibility index (Phi) is 3.95. The Morgan fingerprint density at radius 2 is 1.62 bits per heavy atom. The maximum atomic E-state index is 12.0. The number of carbonyl (C=O) groups excluding carboxylic acids is 3. The van der Waals surface area contributed by atoms with Crippen molar-refractivity contribution in [2.24, 2.45) is 11.5 Å². The van der Waals surface area contributed by atoms with E-state index in [2.05, 4.69) is 5.32 Å². The molecule has 2 rings (SSSR count). The highest BCUT2D eigenvalue weighted by Crippen LogP contribution is 2.20. The van der Waals surface area contributed by atoms with Gasteiger partial charge in [0.15, 0.2) is 0 Å². The number of hydrogen-bond acceptors (Lipinski definition) is 4. The summed E-state index contributed by atoms with van der Waals surface area (Å²) in [5.41, 5.74) is 10.7. The normalized spacial score (nSPS) is 10.1. The van der Waals surface area contributed by atoms with Crippen molar-refractivity contribution < 1.29 is 18.8 Å². The molecule has 0 atom stereocenters. The Morgan fingerprint density at radius 3 is 2.05 bits per heavy atom. The van der Waals surface area contributed by atoms with Crippen LogP contribution in [-0.2, 0) is 0 Å². The Balaban J connectivity index is 2.35. The van der Waals surface area contributed by atoms with Gasteiger partial charge in [0.2, 0.25) is 17.0 Å². The largest absolute Gasteiger partial charge is 0.452 e. The van der Waals surface area contributed by atoms with Gasteiger partial charge in [-0.1, -0.05) is 0 Å². The Labute approximate surface area is 123 Å². The molecule has 0 unspecified atom stereocenters. The monoisotopic (exact) mass is 307 g/mol. The molecule has 2 aromatic rings. The third kappa shape index (κ3) is 3.21. The lowest BCUT2D eigenvalue weighted by Crippen LogP contribution is -2.18. The first-order chi connectivity index (χ1) is 9.88. The summed E-state index contributed by atoms with van der Waals surface area (Å²) in [5.74, 6) is -2.07. The van der Waals surface area contributed by atoms with Gasteiger partial charge in [-0.2, -0.15) is 0 Å². The molecule has 7 nitrogen and oxygen atoms in total. The fourth-order valence-electron chi connectivity index (χ4n) is 1.64. The van der Waals surface area contributed by atoms with Crippen molar-refractivity contribution in [3.8, 4) is 0 Å². The van der Waals surface area contributed by atoms with Crippen LogP contribution >= 0.6 is 11.6 Å². The molecule has 0 aliphatic rings. The molecule has 108 valence electrons. The van der Waals surface area contributed by atoms with Gasteiger partial charge in [0.25, 0.3) is 5.91 Å². The van der Waals surface area contributed by atoms with Gasteiger partial charge in [-0.25, -0.2) is 0 Å². The molecular weight excluding hydrogens is 298 g/mol. The van der Waals surface area contributed by atoms with Gasteiger partial charge in [-0.05, 0) is 35.9 Å². The molecule has 8 heteroatoms. The van der Waals surface area contributed by atoms with E-state index in [9.17, 15) is 14.4 Å². The van der Waals surface area contributed by atoms with E-state index in [1.165, 1.54) is 30.5 Å². The van der Waals surface area contributed by atoms with Gasteiger partial charge in [0.05, 0.1) is 11.8 Å². The van der Waals surface area contributed by atoms with Crippen LogP contribution in [0.1, 0.15) is 31.1 Å². The molecular formula is C13H10ClN3O4. The molecule has 21 heavy (non-hydrogen) atoms. The predicted molar refractivity (Wildman–Crippen MR) is 75.1 cm³/mol. The van der Waals surface area contributed by atoms with Gasteiger partial charge in [-0.15, -0.1) is 0 Å². The van der Waals surface area contributed by atoms with Gasteiger partial charge >= 0.3 is 0 Å². The first-order valence-electron chi connectivity index (χ1n) is 5.67. The summed E-state index contributed by atoms with van der Waals surface area (Å²) in [4.78, 5) is 34.4. The van der Waals surface area contributed by atoms with E-state index in [1.54, 1.807) is 0 Å². The number of anilines is 1. The number of primary amides is 2. The van der Waals surface area contributed by atoms with Gasteiger partial charge in [0, 0.05) is 16.8 Å². The predicted octanol–water partition coefficient (Wildman–Crippen LogP) is 1.38. The van der Waals surface area contributed by atoms with E-state index < -0.39 is 17.7 Å². The summed E-state index contributed by atoms with van der Waals surface area (Å²) in [6, 6.07) is 5.26. The number of rotatable bonds is 4. The topological polar surface area (TPSA) is 128 Å². The molecule has 3 amide bonds. The van der Waals surface area contributed by atoms with Crippen LogP contribution < -0.4 is 16.8 Å². The van der Waals surface area contributed by atoms with E-state index >= 15 is 0 Å². The first kappa shape index (κ1) is 14.6. The molecule has 0 spiro atoms. The van der Waals surface area contributed by atoms with Crippen LogP contribution in [0.2, 0.25) is 5.22 Å². The van der Waals surface area contributed by atoms with Crippen molar-refractivity contribution in [3.05, 3.63) is 52.4 Å². The molecule has 1 heterocycles. The molecule has 0 aliphatic heterocycles. The Hall–Kier alpha value is -2.80. The minimum absolute atomic E-state index is 0.0416. The molecule has 1 aromatic carbocycles. The van der Waals surface area contributed by atoms with Gasteiger partial charge in [-0.3, -0.25) is 14.4 Å². The van der Waals surface area contributed by atoms with Crippen molar-refractivity contribution in [2.45, 2.75) is 0 Å². The summed E-state index contributed by atoms with van der Waals surface area (Å²) in [7, 11) is 0. The van der Waals surface area contributed by atoms with Gasteiger partial charge < -0.3 is 21.2 Å². The van der Waals surface area contributed by atoms with Crippen LogP contribution in [-0.4, -0.2) is 17.7 Å². The lowest BCUT2D eigenvalue weighted by molar-refractivity contribution is 0.0994. The first-order valence-corrected chi connectivity index (χ1v) is 6.05. The second-order valence-corrected chi connectivity index (χ2v) is 4.43. The lowest BCUT2D eigenvalue weighted by atomic mass is 10.1. The maximum absolute atomic E-state index is 12.0. The van der Waals surface area contributed by atoms with Gasteiger partial charge in [0.1, 0.15) is 0 Å². The third-order valence-electron chi connectivity index (χ3n) is 2.62. The average molecular weight is 308 g/mol. The van der Waals surface area contributed by atoms with E-state index in [1.807, 2.05) is 0 Å². The highest BCUT2D eigenvalue weighted by atomic mass is 35.5. The van der Waals surface area contributed by atoms with Crippen LogP contribution in [0.4, 0.5) is 5.69 Å².